The fourth-order valence-electron chi connectivity index (χ4n) is 4.18. The second-order valence-electron chi connectivity index (χ2n) is 8.22. The lowest BCUT2D eigenvalue weighted by Gasteiger charge is -2.38. The molecule has 1 aliphatic rings. The Kier molecular flexibility index (Phi) is 7.70. The monoisotopic (exact) mass is 409 g/mol. The lowest BCUT2D eigenvalue weighted by molar-refractivity contribution is -0.0136. The summed E-state index contributed by atoms with van der Waals surface area (Å²) in [4.78, 5) is 8.78. The van der Waals surface area contributed by atoms with Crippen LogP contribution in [0.3, 0.4) is 0 Å². The number of halogens is 1. The molecule has 0 saturated carbocycles. The maximum atomic E-state index is 10.1. The van der Waals surface area contributed by atoms with Gasteiger partial charge in [-0.1, -0.05) is 59.1 Å². The summed E-state index contributed by atoms with van der Waals surface area (Å²) in [5.41, 5.74) is 5.82. The molecule has 7 heteroatoms. The number of anilines is 1. The molecule has 2 rings (SSSR count). The smallest absolute Gasteiger partial charge is 0.224 e. The summed E-state index contributed by atoms with van der Waals surface area (Å²) < 4.78 is 5.27. The molecule has 0 bridgehead atoms. The van der Waals surface area contributed by atoms with Gasteiger partial charge in [0.1, 0.15) is 13.8 Å². The topological polar surface area (TPSA) is 67.3 Å². The van der Waals surface area contributed by atoms with E-state index in [9.17, 15) is 5.11 Å². The third-order valence-corrected chi connectivity index (χ3v) is 12.2. The maximum absolute atomic E-state index is 10.1. The van der Waals surface area contributed by atoms with Crippen molar-refractivity contribution in [1.29, 1.82) is 0 Å². The van der Waals surface area contributed by atoms with E-state index in [1.165, 1.54) is 0 Å². The quantitative estimate of drug-likeness (QED) is 0.561. The number of aliphatic hydroxyl groups is 1. The van der Waals surface area contributed by atoms with Gasteiger partial charge in [-0.3, -0.25) is 0 Å². The summed E-state index contributed by atoms with van der Waals surface area (Å²) in [5.74, 6) is 3.73. The van der Waals surface area contributed by atoms with Gasteiger partial charge in [0.05, 0.1) is 30.0 Å². The van der Waals surface area contributed by atoms with Crippen molar-refractivity contribution in [2.75, 3.05) is 18.5 Å². The zero-order chi connectivity index (χ0) is 20.2. The van der Waals surface area contributed by atoms with Crippen LogP contribution in [0.4, 0.5) is 5.95 Å². The molecule has 150 valence electrons. The number of nitrogens with zero attached hydrogens (tertiary/aromatic N) is 2. The zero-order valence-corrected chi connectivity index (χ0v) is 19.0. The highest BCUT2D eigenvalue weighted by atomic mass is 35.5. The Balaban J connectivity index is 2.32. The van der Waals surface area contributed by atoms with E-state index in [2.05, 4.69) is 68.3 Å². The molecule has 0 aliphatic carbocycles. The van der Waals surface area contributed by atoms with Crippen molar-refractivity contribution in [3.05, 3.63) is 16.9 Å². The Bertz CT molecular complexity index is 678. The predicted octanol–water partition coefficient (Wildman–Crippen LogP) is 4.26. The fourth-order valence-corrected chi connectivity index (χ4v) is 9.52. The molecule has 0 radical (unpaired) electrons. The highest BCUT2D eigenvalue weighted by molar-refractivity contribution is 6.90. The Morgan fingerprint density at radius 2 is 1.85 bits per heavy atom. The van der Waals surface area contributed by atoms with Gasteiger partial charge in [0.25, 0.3) is 0 Å². The average Bonchev–Trinajstić information content (AvgIpc) is 2.59. The molecule has 1 aromatic rings. The summed E-state index contributed by atoms with van der Waals surface area (Å²) in [6, 6.07) is -0.129. The zero-order valence-electron chi connectivity index (χ0n) is 17.2. The molecule has 5 nitrogen and oxygen atoms in total. The van der Waals surface area contributed by atoms with Crippen LogP contribution in [0, 0.1) is 11.5 Å². The summed E-state index contributed by atoms with van der Waals surface area (Å²) in [6.07, 6.45) is 1.71. The van der Waals surface area contributed by atoms with Crippen LogP contribution in [0.15, 0.2) is 6.20 Å². The minimum absolute atomic E-state index is 0.129. The molecule has 1 aromatic heterocycles. The Morgan fingerprint density at radius 1 is 1.22 bits per heavy atom. The van der Waals surface area contributed by atoms with E-state index in [0.717, 1.165) is 0 Å². The highest BCUT2D eigenvalue weighted by Gasteiger charge is 2.41. The predicted molar refractivity (Wildman–Crippen MR) is 114 cm³/mol. The molecule has 1 aliphatic heterocycles. The van der Waals surface area contributed by atoms with Crippen LogP contribution in [0.25, 0.3) is 0 Å². The van der Waals surface area contributed by atoms with E-state index in [1.807, 2.05) is 0 Å². The number of aromatic nitrogens is 2. The van der Waals surface area contributed by atoms with E-state index < -0.39 is 14.2 Å². The highest BCUT2D eigenvalue weighted by Crippen LogP contribution is 2.40. The third-order valence-electron chi connectivity index (χ3n) is 5.65. The molecule has 2 atom stereocenters. The van der Waals surface area contributed by atoms with E-state index in [4.69, 9.17) is 16.3 Å². The van der Waals surface area contributed by atoms with E-state index in [0.29, 0.717) is 52.9 Å². The molecule has 2 heterocycles. The number of aliphatic hydroxyl groups excluding tert-OH is 1. The Hall–Kier alpha value is -1.13. The van der Waals surface area contributed by atoms with E-state index >= 15 is 0 Å². The van der Waals surface area contributed by atoms with E-state index in [1.54, 1.807) is 6.20 Å². The van der Waals surface area contributed by atoms with Crippen molar-refractivity contribution in [2.45, 2.75) is 76.7 Å². The minimum Gasteiger partial charge on any atom is -0.389 e. The lowest BCUT2D eigenvalue weighted by Crippen LogP contribution is -2.43. The lowest BCUT2D eigenvalue weighted by atomic mass is 10.1. The Labute approximate surface area is 169 Å². The van der Waals surface area contributed by atoms with Crippen molar-refractivity contribution in [3.63, 3.8) is 0 Å². The standard InChI is InChI=1S/C20H32ClN3O2Si/c1-13(2)27(14(3)4,15(5)6)10-8-17-16(21)11-22-20(23-17)24-18-7-9-26-12-19(18)25/h11,13-15,18-19,25H,7,9,12H2,1-6H3,(H,22,23,24)/t18-,19-/m1/s1. The van der Waals surface area contributed by atoms with Crippen molar-refractivity contribution >= 4 is 25.6 Å². The van der Waals surface area contributed by atoms with Gasteiger partial charge in [-0.2, -0.15) is 0 Å². The van der Waals surface area contributed by atoms with Crippen LogP contribution < -0.4 is 5.32 Å². The largest absolute Gasteiger partial charge is 0.389 e. The molecule has 27 heavy (non-hydrogen) atoms. The van der Waals surface area contributed by atoms with Gasteiger partial charge in [-0.05, 0) is 23.0 Å². The summed E-state index contributed by atoms with van der Waals surface area (Å²) in [6.45, 7) is 14.6. The molecule has 1 fully saturated rings. The van der Waals surface area contributed by atoms with Gasteiger partial charge < -0.3 is 15.2 Å². The van der Waals surface area contributed by atoms with Crippen molar-refractivity contribution < 1.29 is 9.84 Å². The number of ether oxygens (including phenoxy) is 1. The number of hydrogen-bond acceptors (Lipinski definition) is 5. The second-order valence-corrected chi connectivity index (χ2v) is 14.2. The first-order valence-electron chi connectivity index (χ1n) is 9.76. The molecule has 2 N–H and O–H groups in total. The first-order chi connectivity index (χ1) is 12.7. The molecule has 1 saturated heterocycles. The summed E-state index contributed by atoms with van der Waals surface area (Å²) in [5, 5.41) is 13.7. The van der Waals surface area contributed by atoms with Crippen LogP contribution in [-0.2, 0) is 4.74 Å². The number of hydrogen-bond donors (Lipinski definition) is 2. The van der Waals surface area contributed by atoms with Gasteiger partial charge in [-0.15, -0.1) is 5.54 Å². The summed E-state index contributed by atoms with van der Waals surface area (Å²) >= 11 is 6.33. The number of rotatable bonds is 5. The second kappa shape index (κ2) is 9.38. The fraction of sp³-hybridized carbons (Fsp3) is 0.700. The van der Waals surface area contributed by atoms with E-state index in [-0.39, 0.29) is 6.04 Å². The van der Waals surface area contributed by atoms with Crippen molar-refractivity contribution in [2.24, 2.45) is 0 Å². The van der Waals surface area contributed by atoms with Crippen LogP contribution in [0.5, 0.6) is 0 Å². The van der Waals surface area contributed by atoms with Crippen LogP contribution in [0.1, 0.15) is 53.7 Å². The van der Waals surface area contributed by atoms with Crippen molar-refractivity contribution in [3.8, 4) is 11.5 Å². The SMILES string of the molecule is CC(C)[Si](C#Cc1nc(N[C@@H]2CCOC[C@H]2O)ncc1Cl)(C(C)C)C(C)C. The number of nitrogens with one attached hydrogen (secondary N) is 1. The van der Waals surface area contributed by atoms with Gasteiger partial charge >= 0.3 is 0 Å². The minimum atomic E-state index is -1.86. The molecule has 0 unspecified atom stereocenters. The Morgan fingerprint density at radius 3 is 2.41 bits per heavy atom. The molecular formula is C20H32ClN3O2Si. The van der Waals surface area contributed by atoms with Crippen LogP contribution in [0.2, 0.25) is 21.6 Å². The maximum Gasteiger partial charge on any atom is 0.224 e. The van der Waals surface area contributed by atoms with Crippen LogP contribution >= 0.6 is 11.6 Å². The molecule has 0 spiro atoms. The van der Waals surface area contributed by atoms with Crippen molar-refractivity contribution in [1.82, 2.24) is 9.97 Å². The van der Waals surface area contributed by atoms with Gasteiger partial charge in [0, 0.05) is 6.61 Å². The van der Waals surface area contributed by atoms with Crippen LogP contribution in [-0.4, -0.2) is 48.5 Å². The average molecular weight is 410 g/mol. The van der Waals surface area contributed by atoms with Gasteiger partial charge in [0.2, 0.25) is 5.95 Å². The van der Waals surface area contributed by atoms with Gasteiger partial charge in [0.15, 0.2) is 0 Å². The first kappa shape index (κ1) is 22.2. The van der Waals surface area contributed by atoms with Gasteiger partial charge in [-0.25, -0.2) is 9.97 Å². The molecular weight excluding hydrogens is 378 g/mol. The third kappa shape index (κ3) is 5.03. The molecule has 0 amide bonds. The molecule has 0 aromatic carbocycles. The first-order valence-corrected chi connectivity index (χ1v) is 12.4. The summed E-state index contributed by atoms with van der Waals surface area (Å²) in [7, 11) is -1.86. The normalized spacial score (nSPS) is 20.7.